The van der Waals surface area contributed by atoms with Gasteiger partial charge in [-0.2, -0.15) is 0 Å². The fourth-order valence-corrected chi connectivity index (χ4v) is 3.70. The Kier molecular flexibility index (Phi) is 3.68. The van der Waals surface area contributed by atoms with Crippen LogP contribution < -0.4 is 0 Å². The van der Waals surface area contributed by atoms with E-state index in [2.05, 4.69) is 46.6 Å². The van der Waals surface area contributed by atoms with Crippen molar-refractivity contribution in [2.45, 2.75) is 38.6 Å². The van der Waals surface area contributed by atoms with E-state index in [0.29, 0.717) is 11.0 Å². The second-order valence-corrected chi connectivity index (χ2v) is 6.99. The highest BCUT2D eigenvalue weighted by molar-refractivity contribution is 9.09. The van der Waals surface area contributed by atoms with E-state index < -0.39 is 0 Å². The van der Waals surface area contributed by atoms with Crippen LogP contribution in [0.2, 0.25) is 0 Å². The van der Waals surface area contributed by atoms with Gasteiger partial charge in [0.1, 0.15) is 0 Å². The van der Waals surface area contributed by atoms with Crippen molar-refractivity contribution < 1.29 is 0 Å². The molecule has 94 valence electrons. The number of hydrogen-bond acceptors (Lipinski definition) is 2. The number of nitrogens with zero attached hydrogens (tertiary/aromatic N) is 2. The summed E-state index contributed by atoms with van der Waals surface area (Å²) in [4.78, 5) is 5.17. The van der Waals surface area contributed by atoms with Crippen LogP contribution in [0, 0.1) is 5.41 Å². The molecule has 0 aromatic carbocycles. The fourth-order valence-electron chi connectivity index (χ4n) is 2.96. The predicted octanol–water partition coefficient (Wildman–Crippen LogP) is 2.58. The Morgan fingerprint density at radius 2 is 1.88 bits per heavy atom. The maximum Gasteiger partial charge on any atom is 0.0277 e. The van der Waals surface area contributed by atoms with E-state index in [-0.39, 0.29) is 0 Å². The number of halogens is 1. The summed E-state index contributed by atoms with van der Waals surface area (Å²) < 4.78 is 0. The molecule has 0 radical (unpaired) electrons. The van der Waals surface area contributed by atoms with E-state index in [9.17, 15) is 0 Å². The molecule has 1 saturated heterocycles. The van der Waals surface area contributed by atoms with Gasteiger partial charge in [-0.05, 0) is 39.2 Å². The third-order valence-corrected chi connectivity index (χ3v) is 5.84. The summed E-state index contributed by atoms with van der Waals surface area (Å²) in [6, 6.07) is 0. The van der Waals surface area contributed by atoms with Crippen molar-refractivity contribution in [2.75, 3.05) is 38.6 Å². The summed E-state index contributed by atoms with van der Waals surface area (Å²) in [5.41, 5.74) is 0.946. The predicted molar refractivity (Wildman–Crippen MR) is 73.2 cm³/mol. The van der Waals surface area contributed by atoms with Crippen LogP contribution in [0.4, 0.5) is 0 Å². The second-order valence-electron chi connectivity index (χ2n) is 6.43. The number of rotatable bonds is 3. The summed E-state index contributed by atoms with van der Waals surface area (Å²) in [5, 5.41) is 1.19. The zero-order valence-corrected chi connectivity index (χ0v) is 12.5. The third-order valence-electron chi connectivity index (χ3n) is 4.65. The van der Waals surface area contributed by atoms with Gasteiger partial charge in [0.05, 0.1) is 0 Å². The van der Waals surface area contributed by atoms with Gasteiger partial charge in [-0.3, -0.25) is 9.80 Å². The minimum atomic E-state index is 0.343. The molecule has 2 rings (SSSR count). The van der Waals surface area contributed by atoms with E-state index in [0.717, 1.165) is 0 Å². The Bertz CT molecular complexity index is 243. The Morgan fingerprint density at radius 3 is 2.31 bits per heavy atom. The van der Waals surface area contributed by atoms with Crippen molar-refractivity contribution >= 4 is 15.9 Å². The summed E-state index contributed by atoms with van der Waals surface area (Å²) >= 11 is 3.71. The lowest BCUT2D eigenvalue weighted by atomic mass is 9.70. The van der Waals surface area contributed by atoms with Crippen LogP contribution in [0.15, 0.2) is 0 Å². The topological polar surface area (TPSA) is 6.48 Å². The quantitative estimate of drug-likeness (QED) is 0.737. The van der Waals surface area contributed by atoms with Crippen LogP contribution in [0.3, 0.4) is 0 Å². The third kappa shape index (κ3) is 2.46. The van der Waals surface area contributed by atoms with Gasteiger partial charge < -0.3 is 0 Å². The highest BCUT2D eigenvalue weighted by Gasteiger charge is 2.40. The van der Waals surface area contributed by atoms with E-state index >= 15 is 0 Å². The first kappa shape index (κ1) is 12.8. The Balaban J connectivity index is 1.91. The minimum Gasteiger partial charge on any atom is -0.300 e. The van der Waals surface area contributed by atoms with Crippen molar-refractivity contribution in [1.29, 1.82) is 0 Å². The van der Waals surface area contributed by atoms with Crippen LogP contribution in [-0.2, 0) is 0 Å². The molecule has 2 aliphatic rings. The summed E-state index contributed by atoms with van der Waals surface area (Å²) in [6.45, 7) is 9.70. The average molecular weight is 289 g/mol. The van der Waals surface area contributed by atoms with Gasteiger partial charge in [-0.15, -0.1) is 0 Å². The maximum atomic E-state index is 3.71. The number of alkyl halides is 1. The molecule has 0 aromatic heterocycles. The van der Waals surface area contributed by atoms with Gasteiger partial charge in [0.25, 0.3) is 0 Å². The van der Waals surface area contributed by atoms with E-state index in [1.807, 2.05) is 0 Å². The molecule has 3 heteroatoms. The molecule has 2 fully saturated rings. The zero-order chi connectivity index (χ0) is 11.8. The number of likely N-dealkylation sites (N-methyl/N-ethyl adjacent to an activating group) is 1. The lowest BCUT2D eigenvalue weighted by Crippen LogP contribution is -2.59. The number of piperazine rings is 1. The maximum absolute atomic E-state index is 3.71. The van der Waals surface area contributed by atoms with Crippen molar-refractivity contribution in [2.24, 2.45) is 5.41 Å². The molecule has 0 atom stereocenters. The molecular weight excluding hydrogens is 264 g/mol. The summed E-state index contributed by atoms with van der Waals surface area (Å²) in [7, 11) is 2.25. The molecule has 1 saturated carbocycles. The van der Waals surface area contributed by atoms with Crippen molar-refractivity contribution in [3.05, 3.63) is 0 Å². The van der Waals surface area contributed by atoms with Crippen LogP contribution in [0.5, 0.6) is 0 Å². The normalized spacial score (nSPS) is 30.0. The zero-order valence-electron chi connectivity index (χ0n) is 10.9. The number of hydrogen-bond donors (Lipinski definition) is 0. The SMILES string of the molecule is CN1CCN(CC2(CBr)CCC2)CC1(C)C. The molecule has 16 heavy (non-hydrogen) atoms. The van der Waals surface area contributed by atoms with Gasteiger partial charge in [0, 0.05) is 37.0 Å². The molecule has 1 heterocycles. The molecule has 0 N–H and O–H groups in total. The average Bonchev–Trinajstić information content (AvgIpc) is 2.17. The minimum absolute atomic E-state index is 0.343. The molecule has 1 aliphatic carbocycles. The van der Waals surface area contributed by atoms with Crippen molar-refractivity contribution in [3.8, 4) is 0 Å². The molecule has 1 aliphatic heterocycles. The van der Waals surface area contributed by atoms with E-state index in [4.69, 9.17) is 0 Å². The van der Waals surface area contributed by atoms with Crippen LogP contribution in [0.25, 0.3) is 0 Å². The Hall–Kier alpha value is 0.400. The summed E-state index contributed by atoms with van der Waals surface area (Å²) in [6.07, 6.45) is 4.28. The van der Waals surface area contributed by atoms with Crippen LogP contribution in [-0.4, -0.2) is 53.9 Å². The first-order valence-corrected chi connectivity index (χ1v) is 7.59. The van der Waals surface area contributed by atoms with Crippen molar-refractivity contribution in [1.82, 2.24) is 9.80 Å². The van der Waals surface area contributed by atoms with Gasteiger partial charge in [0.15, 0.2) is 0 Å². The van der Waals surface area contributed by atoms with Gasteiger partial charge >= 0.3 is 0 Å². The van der Waals surface area contributed by atoms with E-state index in [1.165, 1.54) is 50.8 Å². The second kappa shape index (κ2) is 4.58. The van der Waals surface area contributed by atoms with Crippen LogP contribution in [0.1, 0.15) is 33.1 Å². The smallest absolute Gasteiger partial charge is 0.0277 e. The molecule has 0 aromatic rings. The molecule has 0 amide bonds. The molecular formula is C13H25BrN2. The van der Waals surface area contributed by atoms with Gasteiger partial charge in [-0.25, -0.2) is 0 Å². The van der Waals surface area contributed by atoms with Gasteiger partial charge in [-0.1, -0.05) is 22.4 Å². The molecule has 0 bridgehead atoms. The monoisotopic (exact) mass is 288 g/mol. The lowest BCUT2D eigenvalue weighted by Gasteiger charge is -2.50. The molecule has 0 spiro atoms. The standard InChI is InChI=1S/C13H25BrN2/c1-12(2)10-16(8-7-15(12)3)11-13(9-14)5-4-6-13/h4-11H2,1-3H3. The summed E-state index contributed by atoms with van der Waals surface area (Å²) in [5.74, 6) is 0. The van der Waals surface area contributed by atoms with Gasteiger partial charge in [0.2, 0.25) is 0 Å². The first-order valence-electron chi connectivity index (χ1n) is 6.47. The Morgan fingerprint density at radius 1 is 1.19 bits per heavy atom. The fraction of sp³-hybridized carbons (Fsp3) is 1.00. The van der Waals surface area contributed by atoms with Crippen LogP contribution >= 0.6 is 15.9 Å². The highest BCUT2D eigenvalue weighted by atomic mass is 79.9. The van der Waals surface area contributed by atoms with E-state index in [1.54, 1.807) is 0 Å². The largest absolute Gasteiger partial charge is 0.300 e. The Labute approximate surface area is 108 Å². The molecule has 0 unspecified atom stereocenters. The molecule has 2 nitrogen and oxygen atoms in total. The first-order chi connectivity index (χ1) is 7.47. The lowest BCUT2D eigenvalue weighted by molar-refractivity contribution is 0.00234. The highest BCUT2D eigenvalue weighted by Crippen LogP contribution is 2.43. The van der Waals surface area contributed by atoms with Crippen molar-refractivity contribution in [3.63, 3.8) is 0 Å².